The van der Waals surface area contributed by atoms with E-state index in [-0.39, 0.29) is 0 Å². The van der Waals surface area contributed by atoms with Crippen LogP contribution in [0.1, 0.15) is 19.7 Å². The molecule has 13 heavy (non-hydrogen) atoms. The molecule has 0 amide bonds. The third kappa shape index (κ3) is 3.25. The highest BCUT2D eigenvalue weighted by atomic mass is 32.2. The van der Waals surface area contributed by atoms with Gasteiger partial charge >= 0.3 is 0 Å². The molecule has 0 saturated heterocycles. The van der Waals surface area contributed by atoms with Gasteiger partial charge in [-0.1, -0.05) is 18.7 Å². The number of aryl methyl sites for hydroxylation is 1. The molecule has 2 unspecified atom stereocenters. The topological polar surface area (TPSA) is 37.8 Å². The van der Waals surface area contributed by atoms with Crippen molar-refractivity contribution in [1.29, 1.82) is 0 Å². The minimum atomic E-state index is 0.495. The number of rotatable bonds is 4. The van der Waals surface area contributed by atoms with Gasteiger partial charge in [-0.15, -0.1) is 0 Å². The lowest BCUT2D eigenvalue weighted by molar-refractivity contribution is 0.605. The van der Waals surface area contributed by atoms with E-state index in [0.29, 0.717) is 11.3 Å². The summed E-state index contributed by atoms with van der Waals surface area (Å²) in [5.74, 6) is 0.872. The van der Waals surface area contributed by atoms with Crippen LogP contribution in [0.5, 0.6) is 0 Å². The second-order valence-corrected chi connectivity index (χ2v) is 5.38. The maximum Gasteiger partial charge on any atom is 0.170 e. The van der Waals surface area contributed by atoms with E-state index in [0.717, 1.165) is 10.2 Å². The summed E-state index contributed by atoms with van der Waals surface area (Å²) in [7, 11) is 1.98. The molecule has 1 aromatic heterocycles. The maximum atomic E-state index is 4.31. The van der Waals surface area contributed by atoms with Crippen molar-refractivity contribution in [3.05, 3.63) is 5.82 Å². The monoisotopic (exact) mass is 217 g/mol. The molecule has 0 fully saturated rings. The second-order valence-electron chi connectivity index (χ2n) is 3.01. The quantitative estimate of drug-likeness (QED) is 0.782. The molecule has 0 aromatic carbocycles. The Morgan fingerprint density at radius 3 is 2.62 bits per heavy atom. The van der Waals surface area contributed by atoms with Gasteiger partial charge in [0, 0.05) is 11.3 Å². The number of hydrogen-bond acceptors (Lipinski definition) is 5. The predicted octanol–water partition coefficient (Wildman–Crippen LogP) is 1.94. The Balaban J connectivity index is 2.49. The van der Waals surface area contributed by atoms with Crippen LogP contribution in [-0.4, -0.2) is 27.7 Å². The molecule has 74 valence electrons. The minimum Gasteiger partial charge on any atom is -0.316 e. The molecule has 1 N–H and O–H groups in total. The molecule has 0 aliphatic carbocycles. The molecule has 1 heterocycles. The van der Waals surface area contributed by atoms with Crippen LogP contribution in [0.15, 0.2) is 4.34 Å². The standard InChI is InChI=1S/C8H15N3S2/c1-5(9-4)6(2)12-8-10-7(3)11-13-8/h5-6,9H,1-4H3. The fraction of sp³-hybridized carbons (Fsp3) is 0.750. The molecule has 0 bridgehead atoms. The summed E-state index contributed by atoms with van der Waals surface area (Å²) in [4.78, 5) is 4.31. The van der Waals surface area contributed by atoms with Gasteiger partial charge in [0.05, 0.1) is 0 Å². The lowest BCUT2D eigenvalue weighted by Crippen LogP contribution is -2.30. The first-order valence-electron chi connectivity index (χ1n) is 4.27. The molecular weight excluding hydrogens is 202 g/mol. The third-order valence-corrected chi connectivity index (χ3v) is 4.14. The molecule has 0 radical (unpaired) electrons. The maximum absolute atomic E-state index is 4.31. The van der Waals surface area contributed by atoms with Crippen LogP contribution in [0.25, 0.3) is 0 Å². The van der Waals surface area contributed by atoms with Crippen LogP contribution in [0.3, 0.4) is 0 Å². The van der Waals surface area contributed by atoms with E-state index in [1.807, 2.05) is 14.0 Å². The van der Waals surface area contributed by atoms with Gasteiger partial charge in [-0.2, -0.15) is 4.37 Å². The first kappa shape index (κ1) is 10.9. The molecule has 1 aromatic rings. The molecule has 2 atom stereocenters. The van der Waals surface area contributed by atoms with E-state index in [9.17, 15) is 0 Å². The van der Waals surface area contributed by atoms with Crippen molar-refractivity contribution in [3.63, 3.8) is 0 Å². The summed E-state index contributed by atoms with van der Waals surface area (Å²) in [5, 5.41) is 3.75. The van der Waals surface area contributed by atoms with Gasteiger partial charge in [-0.3, -0.25) is 0 Å². The van der Waals surface area contributed by atoms with E-state index < -0.39 is 0 Å². The van der Waals surface area contributed by atoms with Crippen LogP contribution in [0, 0.1) is 6.92 Å². The van der Waals surface area contributed by atoms with Crippen LogP contribution in [0.2, 0.25) is 0 Å². The summed E-state index contributed by atoms with van der Waals surface area (Å²) < 4.78 is 5.21. The first-order valence-corrected chi connectivity index (χ1v) is 5.93. The third-order valence-electron chi connectivity index (χ3n) is 1.96. The van der Waals surface area contributed by atoms with Crippen molar-refractivity contribution in [3.8, 4) is 0 Å². The second kappa shape index (κ2) is 4.93. The molecule has 0 aliphatic heterocycles. The predicted molar refractivity (Wildman–Crippen MR) is 58.5 cm³/mol. The van der Waals surface area contributed by atoms with Crippen LogP contribution in [-0.2, 0) is 0 Å². The summed E-state index contributed by atoms with van der Waals surface area (Å²) in [6.45, 7) is 6.29. The number of thioether (sulfide) groups is 1. The average molecular weight is 217 g/mol. The number of nitrogens with one attached hydrogen (secondary N) is 1. The Hall–Kier alpha value is -0.130. The Morgan fingerprint density at radius 2 is 2.15 bits per heavy atom. The van der Waals surface area contributed by atoms with Gasteiger partial charge in [0.15, 0.2) is 4.34 Å². The molecule has 5 heteroatoms. The lowest BCUT2D eigenvalue weighted by Gasteiger charge is -2.16. The van der Waals surface area contributed by atoms with Gasteiger partial charge in [0.2, 0.25) is 0 Å². The molecule has 0 saturated carbocycles. The minimum absolute atomic E-state index is 0.495. The summed E-state index contributed by atoms with van der Waals surface area (Å²) in [6, 6.07) is 0.495. The van der Waals surface area contributed by atoms with E-state index in [2.05, 4.69) is 28.5 Å². The van der Waals surface area contributed by atoms with Gasteiger partial charge < -0.3 is 5.32 Å². The summed E-state index contributed by atoms with van der Waals surface area (Å²) >= 11 is 3.26. The summed E-state index contributed by atoms with van der Waals surface area (Å²) in [6.07, 6.45) is 0. The highest BCUT2D eigenvalue weighted by Gasteiger charge is 2.13. The summed E-state index contributed by atoms with van der Waals surface area (Å²) in [5.41, 5.74) is 0. The van der Waals surface area contributed by atoms with E-state index in [1.54, 1.807) is 11.8 Å². The van der Waals surface area contributed by atoms with Crippen molar-refractivity contribution in [2.45, 2.75) is 36.4 Å². The van der Waals surface area contributed by atoms with E-state index in [1.165, 1.54) is 11.5 Å². The molecule has 3 nitrogen and oxygen atoms in total. The zero-order valence-corrected chi connectivity index (χ0v) is 10.00. The zero-order valence-electron chi connectivity index (χ0n) is 8.37. The average Bonchev–Trinajstić information content (AvgIpc) is 2.49. The van der Waals surface area contributed by atoms with Crippen LogP contribution in [0.4, 0.5) is 0 Å². The van der Waals surface area contributed by atoms with Crippen LogP contribution < -0.4 is 5.32 Å². The van der Waals surface area contributed by atoms with Gasteiger partial charge in [-0.05, 0) is 32.4 Å². The SMILES string of the molecule is CNC(C)C(C)Sc1nc(C)ns1. The van der Waals surface area contributed by atoms with E-state index >= 15 is 0 Å². The fourth-order valence-corrected chi connectivity index (χ4v) is 2.83. The highest BCUT2D eigenvalue weighted by molar-refractivity contribution is 8.01. The number of nitrogens with zero attached hydrogens (tertiary/aromatic N) is 2. The number of hydrogen-bond donors (Lipinski definition) is 1. The Morgan fingerprint density at radius 1 is 1.46 bits per heavy atom. The first-order chi connectivity index (χ1) is 6.13. The number of aromatic nitrogens is 2. The Kier molecular flexibility index (Phi) is 4.15. The van der Waals surface area contributed by atoms with Gasteiger partial charge in [-0.25, -0.2) is 4.98 Å². The highest BCUT2D eigenvalue weighted by Crippen LogP contribution is 2.26. The van der Waals surface area contributed by atoms with Crippen molar-refractivity contribution in [2.24, 2.45) is 0 Å². The Bertz CT molecular complexity index is 262. The van der Waals surface area contributed by atoms with E-state index in [4.69, 9.17) is 0 Å². The van der Waals surface area contributed by atoms with Crippen LogP contribution >= 0.6 is 23.3 Å². The molecule has 1 rings (SSSR count). The zero-order chi connectivity index (χ0) is 9.84. The lowest BCUT2D eigenvalue weighted by atomic mass is 10.3. The van der Waals surface area contributed by atoms with Gasteiger partial charge in [0.1, 0.15) is 5.82 Å². The van der Waals surface area contributed by atoms with Crippen molar-refractivity contribution >= 4 is 23.3 Å². The fourth-order valence-electron chi connectivity index (χ4n) is 0.822. The molecular formula is C8H15N3S2. The smallest absolute Gasteiger partial charge is 0.170 e. The largest absolute Gasteiger partial charge is 0.316 e. The molecule has 0 aliphatic rings. The van der Waals surface area contributed by atoms with Crippen molar-refractivity contribution in [2.75, 3.05) is 7.05 Å². The Labute approximate surface area is 87.5 Å². The normalized spacial score (nSPS) is 15.7. The van der Waals surface area contributed by atoms with Crippen molar-refractivity contribution < 1.29 is 0 Å². The van der Waals surface area contributed by atoms with Crippen molar-refractivity contribution in [1.82, 2.24) is 14.7 Å². The van der Waals surface area contributed by atoms with Gasteiger partial charge in [0.25, 0.3) is 0 Å². The molecule has 0 spiro atoms.